The lowest BCUT2D eigenvalue weighted by Gasteiger charge is -2.32. The summed E-state index contributed by atoms with van der Waals surface area (Å²) in [4.78, 5) is 2.54. The molecule has 0 bridgehead atoms. The van der Waals surface area contributed by atoms with Crippen LogP contribution in [0.25, 0.3) is 66.1 Å². The van der Waals surface area contributed by atoms with Crippen molar-refractivity contribution in [3.8, 4) is 33.4 Å². The molecule has 1 saturated carbocycles. The van der Waals surface area contributed by atoms with Gasteiger partial charge in [0.2, 0.25) is 0 Å². The fourth-order valence-corrected chi connectivity index (χ4v) is 11.2. The van der Waals surface area contributed by atoms with Crippen molar-refractivity contribution in [3.05, 3.63) is 186 Å². The van der Waals surface area contributed by atoms with Crippen LogP contribution in [-0.4, -0.2) is 0 Å². The summed E-state index contributed by atoms with van der Waals surface area (Å²) < 4.78 is 6.83. The normalized spacial score (nSPS) is 15.7. The maximum atomic E-state index is 6.83. The third-order valence-corrected chi connectivity index (χ3v) is 13.6. The molecule has 9 aromatic rings. The molecule has 268 valence electrons. The molecule has 8 aromatic carbocycles. The summed E-state index contributed by atoms with van der Waals surface area (Å²) in [7, 11) is 0. The molecule has 0 saturated heterocycles. The Morgan fingerprint density at radius 1 is 0.482 bits per heavy atom. The molecule has 2 heteroatoms. The van der Waals surface area contributed by atoms with Crippen molar-refractivity contribution in [2.75, 3.05) is 4.90 Å². The zero-order valence-electron chi connectivity index (χ0n) is 31.8. The van der Waals surface area contributed by atoms with Crippen molar-refractivity contribution in [2.45, 2.75) is 50.4 Å². The van der Waals surface area contributed by atoms with Crippen LogP contribution in [0.1, 0.15) is 61.8 Å². The fourth-order valence-electron chi connectivity index (χ4n) is 11.2. The van der Waals surface area contributed by atoms with Gasteiger partial charge in [0.05, 0.1) is 16.8 Å². The minimum atomic E-state index is -0.156. The number of furan rings is 1. The summed E-state index contributed by atoms with van der Waals surface area (Å²) in [6.45, 7) is 4.78. The Labute approximate surface area is 327 Å². The molecular weight excluding hydrogens is 679 g/mol. The molecule has 12 rings (SSSR count). The number of para-hydroxylation sites is 1. The molecule has 0 atom stereocenters. The van der Waals surface area contributed by atoms with Crippen molar-refractivity contribution in [1.29, 1.82) is 0 Å². The van der Waals surface area contributed by atoms with Crippen LogP contribution in [0.2, 0.25) is 0 Å². The average molecular weight is 720 g/mol. The second-order valence-corrected chi connectivity index (χ2v) is 16.7. The Morgan fingerprint density at radius 2 is 1.11 bits per heavy atom. The first-order valence-electron chi connectivity index (χ1n) is 20.2. The van der Waals surface area contributed by atoms with E-state index in [1.54, 1.807) is 0 Å². The first-order chi connectivity index (χ1) is 27.5. The zero-order chi connectivity index (χ0) is 37.2. The number of rotatable bonds is 4. The van der Waals surface area contributed by atoms with Gasteiger partial charge in [-0.25, -0.2) is 0 Å². The third kappa shape index (κ3) is 4.22. The van der Waals surface area contributed by atoms with E-state index in [-0.39, 0.29) is 10.8 Å². The number of nitrogens with zero attached hydrogens (tertiary/aromatic N) is 1. The van der Waals surface area contributed by atoms with E-state index in [9.17, 15) is 0 Å². The van der Waals surface area contributed by atoms with Gasteiger partial charge in [-0.1, -0.05) is 154 Å². The van der Waals surface area contributed by atoms with Gasteiger partial charge in [0.25, 0.3) is 0 Å². The molecule has 3 aliphatic rings. The van der Waals surface area contributed by atoms with E-state index < -0.39 is 0 Å². The van der Waals surface area contributed by atoms with E-state index >= 15 is 0 Å². The topological polar surface area (TPSA) is 16.4 Å². The molecule has 56 heavy (non-hydrogen) atoms. The zero-order valence-corrected chi connectivity index (χ0v) is 31.8. The summed E-state index contributed by atoms with van der Waals surface area (Å²) in [5.41, 5.74) is 18.9. The van der Waals surface area contributed by atoms with E-state index in [4.69, 9.17) is 4.42 Å². The van der Waals surface area contributed by atoms with Gasteiger partial charge in [-0.15, -0.1) is 0 Å². The lowest BCUT2D eigenvalue weighted by molar-refractivity contribution is 0.550. The Hall–Kier alpha value is -6.38. The van der Waals surface area contributed by atoms with Crippen LogP contribution in [0.3, 0.4) is 0 Å². The smallest absolute Gasteiger partial charge is 0.143 e. The second kappa shape index (κ2) is 11.6. The highest BCUT2D eigenvalue weighted by molar-refractivity contribution is 6.20. The van der Waals surface area contributed by atoms with Gasteiger partial charge in [0.1, 0.15) is 11.2 Å². The Bertz CT molecular complexity index is 3080. The van der Waals surface area contributed by atoms with Gasteiger partial charge in [-0.2, -0.15) is 0 Å². The Morgan fingerprint density at radius 3 is 1.95 bits per heavy atom. The highest BCUT2D eigenvalue weighted by Crippen LogP contribution is 2.59. The number of hydrogen-bond donors (Lipinski definition) is 0. The average Bonchev–Trinajstić information content (AvgIpc) is 4.01. The molecule has 2 nitrogen and oxygen atoms in total. The second-order valence-electron chi connectivity index (χ2n) is 16.7. The molecule has 0 unspecified atom stereocenters. The SMILES string of the molecule is CC1(C)c2ccccc2-c2cccc(-c3ccccc3N(c3ccc4c(c3)C3(CCCC3)c3ccccc3-4)c3cccc4oc5c6ccccc6ccc5c34)c21. The Kier molecular flexibility index (Phi) is 6.59. The number of benzene rings is 8. The van der Waals surface area contributed by atoms with Gasteiger partial charge >= 0.3 is 0 Å². The van der Waals surface area contributed by atoms with Crippen LogP contribution >= 0.6 is 0 Å². The molecule has 1 heterocycles. The van der Waals surface area contributed by atoms with Crippen LogP contribution in [0, 0.1) is 0 Å². The maximum absolute atomic E-state index is 6.83. The third-order valence-electron chi connectivity index (χ3n) is 13.6. The number of anilines is 3. The van der Waals surface area contributed by atoms with Crippen molar-refractivity contribution in [1.82, 2.24) is 0 Å². The first-order valence-corrected chi connectivity index (χ1v) is 20.2. The number of fused-ring (bicyclic) bond motifs is 13. The van der Waals surface area contributed by atoms with E-state index in [2.05, 4.69) is 183 Å². The molecule has 0 N–H and O–H groups in total. The summed E-state index contributed by atoms with van der Waals surface area (Å²) >= 11 is 0. The minimum Gasteiger partial charge on any atom is -0.455 e. The highest BCUT2D eigenvalue weighted by Gasteiger charge is 2.45. The lowest BCUT2D eigenvalue weighted by Crippen LogP contribution is -2.21. The van der Waals surface area contributed by atoms with Crippen molar-refractivity contribution < 1.29 is 4.42 Å². The predicted octanol–water partition coefficient (Wildman–Crippen LogP) is 15.0. The van der Waals surface area contributed by atoms with Crippen molar-refractivity contribution in [3.63, 3.8) is 0 Å². The van der Waals surface area contributed by atoms with E-state index in [0.717, 1.165) is 38.7 Å². The van der Waals surface area contributed by atoms with Gasteiger partial charge < -0.3 is 9.32 Å². The summed E-state index contributed by atoms with van der Waals surface area (Å²) in [6, 6.07) is 61.1. The van der Waals surface area contributed by atoms with E-state index in [0.29, 0.717) is 0 Å². The minimum absolute atomic E-state index is 0.0520. The molecule has 1 aromatic heterocycles. The quantitative estimate of drug-likeness (QED) is 0.180. The largest absolute Gasteiger partial charge is 0.455 e. The lowest BCUT2D eigenvalue weighted by atomic mass is 9.76. The van der Waals surface area contributed by atoms with Crippen molar-refractivity contribution >= 4 is 49.8 Å². The predicted molar refractivity (Wildman–Crippen MR) is 234 cm³/mol. The molecule has 3 aliphatic carbocycles. The van der Waals surface area contributed by atoms with Crippen LogP contribution in [-0.2, 0) is 10.8 Å². The highest BCUT2D eigenvalue weighted by atomic mass is 16.3. The fraction of sp³-hybridized carbons (Fsp3) is 0.148. The summed E-state index contributed by atoms with van der Waals surface area (Å²) in [5, 5.41) is 4.59. The van der Waals surface area contributed by atoms with Gasteiger partial charge in [0, 0.05) is 32.9 Å². The molecular formula is C54H41NO. The standard InChI is InChI=1S/C54H41NO/c1-53(2)44-22-8-5-18-38(44)41-20-13-21-42(51(41)53)40-19-7-10-24-47(40)55(35-28-30-39-37-17-6-9-23-45(37)54(46(39)33-35)31-11-12-32-54)48-25-14-26-49-50(48)43-29-27-34-15-3-4-16-36(34)52(43)56-49/h3-10,13-30,33H,11-12,31-32H2,1-2H3. The van der Waals surface area contributed by atoms with Gasteiger partial charge in [0.15, 0.2) is 0 Å². The van der Waals surface area contributed by atoms with Crippen molar-refractivity contribution in [2.24, 2.45) is 0 Å². The maximum Gasteiger partial charge on any atom is 0.143 e. The first kappa shape index (κ1) is 31.9. The van der Waals surface area contributed by atoms with Gasteiger partial charge in [-0.3, -0.25) is 0 Å². The van der Waals surface area contributed by atoms with Crippen LogP contribution in [0.15, 0.2) is 168 Å². The van der Waals surface area contributed by atoms with E-state index in [1.165, 1.54) is 92.4 Å². The van der Waals surface area contributed by atoms with Crippen LogP contribution in [0.4, 0.5) is 17.1 Å². The molecule has 0 radical (unpaired) electrons. The monoisotopic (exact) mass is 719 g/mol. The summed E-state index contributed by atoms with van der Waals surface area (Å²) in [6.07, 6.45) is 4.90. The summed E-state index contributed by atoms with van der Waals surface area (Å²) in [5.74, 6) is 0. The van der Waals surface area contributed by atoms with Crippen LogP contribution in [0.5, 0.6) is 0 Å². The molecule has 1 spiro atoms. The van der Waals surface area contributed by atoms with E-state index in [1.807, 2.05) is 0 Å². The van der Waals surface area contributed by atoms with Gasteiger partial charge in [-0.05, 0) is 105 Å². The number of hydrogen-bond acceptors (Lipinski definition) is 2. The van der Waals surface area contributed by atoms with Crippen LogP contribution < -0.4 is 4.90 Å². The molecule has 0 amide bonds. The Balaban J connectivity index is 1.15. The molecule has 1 fully saturated rings. The molecule has 0 aliphatic heterocycles.